The number of piperidine rings is 1. The van der Waals surface area contributed by atoms with E-state index in [4.69, 9.17) is 9.47 Å². The minimum absolute atomic E-state index is 0.0624. The van der Waals surface area contributed by atoms with E-state index < -0.39 is 23.4 Å². The zero-order chi connectivity index (χ0) is 28.0. The molecule has 8 nitrogen and oxygen atoms in total. The summed E-state index contributed by atoms with van der Waals surface area (Å²) in [5, 5.41) is 15.6. The molecule has 2 fully saturated rings. The second-order valence-corrected chi connectivity index (χ2v) is 10.7. The van der Waals surface area contributed by atoms with E-state index in [0.717, 1.165) is 18.1 Å². The van der Waals surface area contributed by atoms with Crippen LogP contribution in [0.3, 0.4) is 0 Å². The summed E-state index contributed by atoms with van der Waals surface area (Å²) < 4.78 is 52.5. The third-order valence-corrected chi connectivity index (χ3v) is 8.22. The topological polar surface area (TPSA) is 96.8 Å². The van der Waals surface area contributed by atoms with Crippen molar-refractivity contribution in [2.24, 2.45) is 5.92 Å². The third kappa shape index (κ3) is 4.75. The number of hydrogen-bond donors (Lipinski definition) is 2. The van der Waals surface area contributed by atoms with E-state index in [9.17, 15) is 23.1 Å². The van der Waals surface area contributed by atoms with Gasteiger partial charge in [-0.05, 0) is 32.3 Å². The zero-order valence-corrected chi connectivity index (χ0v) is 22.2. The molecule has 0 radical (unpaired) electrons. The van der Waals surface area contributed by atoms with E-state index >= 15 is 0 Å². The number of carbonyl (C=O) groups excluding carboxylic acids is 1. The average molecular weight is 557 g/mol. The first-order chi connectivity index (χ1) is 19.2. The smallest absolute Gasteiger partial charge is 0.266 e. The van der Waals surface area contributed by atoms with Crippen molar-refractivity contribution in [3.05, 3.63) is 58.2 Å². The van der Waals surface area contributed by atoms with Crippen molar-refractivity contribution in [3.8, 4) is 5.75 Å². The Balaban J connectivity index is 1.32. The Bertz CT molecular complexity index is 1450. The molecule has 1 atom stereocenters. The molecular weight excluding hydrogens is 525 g/mol. The number of nitrogens with zero attached hydrogens (tertiary/aromatic N) is 3. The highest BCUT2D eigenvalue weighted by Crippen LogP contribution is 2.46. The molecule has 0 spiro atoms. The molecule has 1 amide bonds. The number of rotatable bonds is 6. The molecule has 3 aromatic rings. The fraction of sp³-hybridized carbons (Fsp3) is 0.483. The molecule has 4 heterocycles. The van der Waals surface area contributed by atoms with Gasteiger partial charge in [0, 0.05) is 54.7 Å². The Labute approximate surface area is 229 Å². The van der Waals surface area contributed by atoms with Crippen molar-refractivity contribution in [1.82, 2.24) is 14.9 Å². The van der Waals surface area contributed by atoms with E-state index in [1.807, 2.05) is 6.07 Å². The number of aryl methyl sites for hydroxylation is 1. The molecule has 1 unspecified atom stereocenters. The number of ether oxygens (including phenoxy) is 2. The standard InChI is InChI=1S/C29H31F3N4O4/c1-16-34-24-20-6-12-40-25(20)22(29(38)7-9-36(10-8-29)28(37)18-5-11-39-15-18)13-21(24)27(35-16)33-14-17-3-2-4-19(23(17)30)26(31)32/h2-4,13,18,26,38H,5-12,14-15H2,1H3,(H,33,34,35). The molecule has 11 heteroatoms. The van der Waals surface area contributed by atoms with Gasteiger partial charge in [-0.3, -0.25) is 4.79 Å². The Morgan fingerprint density at radius 2 is 2.05 bits per heavy atom. The Kier molecular flexibility index (Phi) is 7.03. The number of anilines is 1. The van der Waals surface area contributed by atoms with Crippen LogP contribution in [-0.4, -0.2) is 58.8 Å². The summed E-state index contributed by atoms with van der Waals surface area (Å²) in [6.45, 7) is 3.98. The van der Waals surface area contributed by atoms with E-state index in [1.54, 1.807) is 11.8 Å². The third-order valence-electron chi connectivity index (χ3n) is 8.22. The van der Waals surface area contributed by atoms with Crippen molar-refractivity contribution in [3.63, 3.8) is 0 Å². The predicted octanol–water partition coefficient (Wildman–Crippen LogP) is 4.41. The van der Waals surface area contributed by atoms with Crippen molar-refractivity contribution in [1.29, 1.82) is 0 Å². The van der Waals surface area contributed by atoms with Crippen LogP contribution in [0.4, 0.5) is 19.0 Å². The van der Waals surface area contributed by atoms with E-state index in [1.165, 1.54) is 12.1 Å². The summed E-state index contributed by atoms with van der Waals surface area (Å²) in [4.78, 5) is 23.9. The largest absolute Gasteiger partial charge is 0.492 e. The number of aliphatic hydroxyl groups is 1. The van der Waals surface area contributed by atoms with Crippen LogP contribution in [0.15, 0.2) is 24.3 Å². The van der Waals surface area contributed by atoms with Crippen LogP contribution < -0.4 is 10.1 Å². The molecule has 0 saturated carbocycles. The molecular formula is C29H31F3N4O4. The lowest BCUT2D eigenvalue weighted by molar-refractivity contribution is -0.140. The molecule has 2 N–H and O–H groups in total. The highest BCUT2D eigenvalue weighted by molar-refractivity contribution is 5.94. The Morgan fingerprint density at radius 3 is 2.77 bits per heavy atom. The molecule has 40 heavy (non-hydrogen) atoms. The summed E-state index contributed by atoms with van der Waals surface area (Å²) in [6.07, 6.45) is -0.912. The lowest BCUT2D eigenvalue weighted by Crippen LogP contribution is -2.47. The number of aromatic nitrogens is 2. The van der Waals surface area contributed by atoms with Crippen LogP contribution in [0.1, 0.15) is 53.8 Å². The van der Waals surface area contributed by atoms with Gasteiger partial charge in [-0.15, -0.1) is 0 Å². The molecule has 1 aromatic heterocycles. The number of carbonyl (C=O) groups is 1. The van der Waals surface area contributed by atoms with Crippen LogP contribution in [0.2, 0.25) is 0 Å². The summed E-state index contributed by atoms with van der Waals surface area (Å²) in [5.41, 5.74) is 0.367. The van der Waals surface area contributed by atoms with Crippen molar-refractivity contribution >= 4 is 22.6 Å². The predicted molar refractivity (Wildman–Crippen MR) is 141 cm³/mol. The number of amides is 1. The number of likely N-dealkylation sites (tertiary alicyclic amines) is 1. The first-order valence-electron chi connectivity index (χ1n) is 13.6. The van der Waals surface area contributed by atoms with Crippen LogP contribution in [0, 0.1) is 18.7 Å². The number of alkyl halides is 2. The zero-order valence-electron chi connectivity index (χ0n) is 22.2. The maximum atomic E-state index is 14.7. The van der Waals surface area contributed by atoms with Gasteiger partial charge in [-0.1, -0.05) is 18.2 Å². The van der Waals surface area contributed by atoms with Gasteiger partial charge in [0.2, 0.25) is 5.91 Å². The van der Waals surface area contributed by atoms with Gasteiger partial charge in [0.15, 0.2) is 0 Å². The highest BCUT2D eigenvalue weighted by Gasteiger charge is 2.41. The second kappa shape index (κ2) is 10.5. The molecule has 3 aliphatic rings. The van der Waals surface area contributed by atoms with E-state index in [2.05, 4.69) is 15.3 Å². The SMILES string of the molecule is Cc1nc(NCc2cccc(C(F)F)c2F)c2cc(C3(O)CCN(C(=O)C4CCOC4)CC3)c3c(c2n1)CCO3. The van der Waals surface area contributed by atoms with Gasteiger partial charge in [0.05, 0.1) is 35.8 Å². The van der Waals surface area contributed by atoms with Gasteiger partial charge in [-0.2, -0.15) is 0 Å². The lowest BCUT2D eigenvalue weighted by atomic mass is 9.82. The molecule has 0 aliphatic carbocycles. The summed E-state index contributed by atoms with van der Waals surface area (Å²) in [7, 11) is 0. The quantitative estimate of drug-likeness (QED) is 0.464. The van der Waals surface area contributed by atoms with Crippen LogP contribution in [0.25, 0.3) is 10.9 Å². The van der Waals surface area contributed by atoms with Gasteiger partial charge >= 0.3 is 0 Å². The summed E-state index contributed by atoms with van der Waals surface area (Å²) >= 11 is 0. The summed E-state index contributed by atoms with van der Waals surface area (Å²) in [5.74, 6) is 0.504. The molecule has 6 rings (SSSR count). The lowest BCUT2D eigenvalue weighted by Gasteiger charge is -2.40. The maximum absolute atomic E-state index is 14.7. The first-order valence-corrected chi connectivity index (χ1v) is 13.6. The Morgan fingerprint density at radius 1 is 1.25 bits per heavy atom. The number of fused-ring (bicyclic) bond motifs is 3. The number of halogens is 3. The van der Waals surface area contributed by atoms with Gasteiger partial charge in [0.1, 0.15) is 23.2 Å². The van der Waals surface area contributed by atoms with Crippen LogP contribution >= 0.6 is 0 Å². The average Bonchev–Trinajstić information content (AvgIpc) is 3.65. The fourth-order valence-electron chi connectivity index (χ4n) is 6.00. The van der Waals surface area contributed by atoms with Crippen molar-refractivity contribution in [2.45, 2.75) is 51.2 Å². The number of nitrogens with one attached hydrogen (secondary N) is 1. The van der Waals surface area contributed by atoms with E-state index in [-0.39, 0.29) is 23.9 Å². The van der Waals surface area contributed by atoms with Crippen LogP contribution in [-0.2, 0) is 28.1 Å². The first kappa shape index (κ1) is 26.8. The minimum atomic E-state index is -2.92. The normalized spacial score (nSPS) is 20.1. The molecule has 212 valence electrons. The van der Waals surface area contributed by atoms with Gasteiger partial charge in [-0.25, -0.2) is 23.1 Å². The molecule has 2 saturated heterocycles. The van der Waals surface area contributed by atoms with E-state index in [0.29, 0.717) is 86.0 Å². The Hall–Kier alpha value is -3.44. The molecule has 3 aliphatic heterocycles. The minimum Gasteiger partial charge on any atom is -0.492 e. The molecule has 0 bridgehead atoms. The maximum Gasteiger partial charge on any atom is 0.266 e. The van der Waals surface area contributed by atoms with Gasteiger partial charge in [0.25, 0.3) is 6.43 Å². The fourth-order valence-corrected chi connectivity index (χ4v) is 6.00. The molecule has 2 aromatic carbocycles. The van der Waals surface area contributed by atoms with Crippen molar-refractivity contribution < 1.29 is 32.5 Å². The number of hydrogen-bond acceptors (Lipinski definition) is 7. The summed E-state index contributed by atoms with van der Waals surface area (Å²) in [6, 6.07) is 5.75. The second-order valence-electron chi connectivity index (χ2n) is 10.7. The highest BCUT2D eigenvalue weighted by atomic mass is 19.3. The van der Waals surface area contributed by atoms with Gasteiger partial charge < -0.3 is 24.8 Å². The monoisotopic (exact) mass is 556 g/mol. The van der Waals surface area contributed by atoms with Crippen LogP contribution in [0.5, 0.6) is 5.75 Å². The number of benzene rings is 2. The van der Waals surface area contributed by atoms with Crippen molar-refractivity contribution in [2.75, 3.05) is 38.2 Å².